The first-order chi connectivity index (χ1) is 10.4. The highest BCUT2D eigenvalue weighted by Gasteiger charge is 2.33. The fourth-order valence-electron chi connectivity index (χ4n) is 1.83. The van der Waals surface area contributed by atoms with E-state index < -0.39 is 23.2 Å². The van der Waals surface area contributed by atoms with Crippen molar-refractivity contribution in [2.75, 3.05) is 11.1 Å². The lowest BCUT2D eigenvalue weighted by molar-refractivity contribution is -0.141. The summed E-state index contributed by atoms with van der Waals surface area (Å²) in [6.07, 6.45) is -0.0525. The molecule has 1 aliphatic rings. The van der Waals surface area contributed by atoms with Crippen molar-refractivity contribution >= 4 is 58.4 Å². The number of amides is 2. The van der Waals surface area contributed by atoms with Crippen molar-refractivity contribution in [3.8, 4) is 0 Å². The lowest BCUT2D eigenvalue weighted by atomic mass is 10.2. The van der Waals surface area contributed by atoms with Crippen LogP contribution >= 0.6 is 35.0 Å². The van der Waals surface area contributed by atoms with Crippen LogP contribution in [0, 0.1) is 0 Å². The Labute approximate surface area is 140 Å². The number of thioether (sulfide) groups is 1. The van der Waals surface area contributed by atoms with E-state index in [9.17, 15) is 14.4 Å². The first kappa shape index (κ1) is 16.9. The van der Waals surface area contributed by atoms with E-state index in [-0.39, 0.29) is 18.1 Å². The van der Waals surface area contributed by atoms with E-state index in [4.69, 9.17) is 28.3 Å². The second kappa shape index (κ2) is 7.21. The van der Waals surface area contributed by atoms with Gasteiger partial charge in [0.1, 0.15) is 6.04 Å². The Kier molecular flexibility index (Phi) is 5.55. The third-order valence-electron chi connectivity index (χ3n) is 2.95. The van der Waals surface area contributed by atoms with Gasteiger partial charge in [-0.25, -0.2) is 4.79 Å². The minimum atomic E-state index is -1.08. The zero-order valence-corrected chi connectivity index (χ0v) is 13.5. The summed E-state index contributed by atoms with van der Waals surface area (Å²) in [6, 6.07) is 3.75. The number of carboxylic acids is 1. The normalized spacial score (nSPS) is 21.1. The zero-order valence-electron chi connectivity index (χ0n) is 11.1. The molecule has 1 saturated heterocycles. The van der Waals surface area contributed by atoms with Gasteiger partial charge in [0.25, 0.3) is 0 Å². The van der Waals surface area contributed by atoms with Gasteiger partial charge in [-0.15, -0.1) is 11.8 Å². The molecule has 9 heteroatoms. The van der Waals surface area contributed by atoms with Crippen molar-refractivity contribution in [2.45, 2.75) is 17.7 Å². The van der Waals surface area contributed by atoms with Crippen molar-refractivity contribution in [2.24, 2.45) is 0 Å². The second-order valence-corrected chi connectivity index (χ2v) is 6.65. The smallest absolute Gasteiger partial charge is 0.327 e. The molecule has 22 heavy (non-hydrogen) atoms. The number of carbonyl (C=O) groups excluding carboxylic acids is 2. The Hall–Kier alpha value is -1.44. The number of halogens is 2. The minimum Gasteiger partial charge on any atom is -0.480 e. The van der Waals surface area contributed by atoms with Crippen LogP contribution in [0.1, 0.15) is 6.42 Å². The van der Waals surface area contributed by atoms with Crippen molar-refractivity contribution < 1.29 is 19.5 Å². The number of carbonyl (C=O) groups is 3. The Morgan fingerprint density at radius 3 is 2.68 bits per heavy atom. The number of hydrogen-bond donors (Lipinski definition) is 3. The molecule has 2 rings (SSSR count). The van der Waals surface area contributed by atoms with E-state index in [1.54, 1.807) is 12.1 Å². The fraction of sp³-hybridized carbons (Fsp3) is 0.308. The molecule has 2 atom stereocenters. The number of benzene rings is 1. The summed E-state index contributed by atoms with van der Waals surface area (Å²) in [4.78, 5) is 34.5. The van der Waals surface area contributed by atoms with Crippen LogP contribution in [0.25, 0.3) is 0 Å². The van der Waals surface area contributed by atoms with Gasteiger partial charge in [0.05, 0.1) is 15.3 Å². The molecule has 1 aromatic rings. The molecule has 0 bridgehead atoms. The predicted octanol–water partition coefficient (Wildman–Crippen LogP) is 2.01. The molecule has 0 spiro atoms. The first-order valence-corrected chi connectivity index (χ1v) is 8.07. The molecule has 0 aromatic heterocycles. The Bertz CT molecular complexity index is 626. The number of rotatable bonds is 4. The van der Waals surface area contributed by atoms with Crippen LogP contribution in [0.4, 0.5) is 5.69 Å². The molecule has 0 saturated carbocycles. The Morgan fingerprint density at radius 1 is 1.36 bits per heavy atom. The van der Waals surface area contributed by atoms with Gasteiger partial charge in [0.2, 0.25) is 11.8 Å². The maximum atomic E-state index is 11.9. The number of nitrogens with one attached hydrogen (secondary N) is 2. The molecule has 0 radical (unpaired) electrons. The molecule has 1 aliphatic heterocycles. The van der Waals surface area contributed by atoms with E-state index in [1.165, 1.54) is 6.07 Å². The van der Waals surface area contributed by atoms with E-state index in [0.29, 0.717) is 15.7 Å². The van der Waals surface area contributed by atoms with Crippen LogP contribution < -0.4 is 10.6 Å². The summed E-state index contributed by atoms with van der Waals surface area (Å²) in [5, 5.41) is 13.9. The quantitative estimate of drug-likeness (QED) is 0.761. The molecule has 0 unspecified atom stereocenters. The van der Waals surface area contributed by atoms with Gasteiger partial charge < -0.3 is 15.7 Å². The van der Waals surface area contributed by atoms with Crippen molar-refractivity contribution in [1.29, 1.82) is 0 Å². The van der Waals surface area contributed by atoms with Gasteiger partial charge in [-0.2, -0.15) is 0 Å². The van der Waals surface area contributed by atoms with Gasteiger partial charge in [0, 0.05) is 17.9 Å². The van der Waals surface area contributed by atoms with Gasteiger partial charge >= 0.3 is 5.97 Å². The van der Waals surface area contributed by atoms with Gasteiger partial charge in [0.15, 0.2) is 0 Å². The molecule has 3 N–H and O–H groups in total. The molecule has 0 aliphatic carbocycles. The van der Waals surface area contributed by atoms with Crippen LogP contribution in [-0.2, 0) is 14.4 Å². The summed E-state index contributed by atoms with van der Waals surface area (Å²) in [6.45, 7) is 0. The Morgan fingerprint density at radius 2 is 2.09 bits per heavy atom. The highest BCUT2D eigenvalue weighted by molar-refractivity contribution is 8.00. The lowest BCUT2D eigenvalue weighted by Gasteiger charge is -2.25. The molecule has 118 valence electrons. The molecule has 6 nitrogen and oxygen atoms in total. The SMILES string of the molecule is O=C(C[C@@H]1SC[C@@H](C(=O)O)NC1=O)Nc1ccc(Cl)c(Cl)c1. The van der Waals surface area contributed by atoms with Gasteiger partial charge in [-0.3, -0.25) is 9.59 Å². The van der Waals surface area contributed by atoms with E-state index in [0.717, 1.165) is 11.8 Å². The maximum absolute atomic E-state index is 11.9. The predicted molar refractivity (Wildman–Crippen MR) is 85.5 cm³/mol. The van der Waals surface area contributed by atoms with Crippen LogP contribution in [-0.4, -0.2) is 39.9 Å². The standard InChI is InChI=1S/C13H12Cl2N2O4S/c14-7-2-1-6(3-8(7)15)16-11(18)4-10-12(19)17-9(5-22-10)13(20)21/h1-3,9-10H,4-5H2,(H,16,18)(H,17,19)(H,20,21)/t9-,10-/m0/s1. The summed E-state index contributed by atoms with van der Waals surface area (Å²) in [5.41, 5.74) is 0.476. The topological polar surface area (TPSA) is 95.5 Å². The molecule has 1 aromatic carbocycles. The molecule has 1 heterocycles. The van der Waals surface area contributed by atoms with Crippen LogP contribution in [0.2, 0.25) is 10.0 Å². The van der Waals surface area contributed by atoms with Gasteiger partial charge in [-0.1, -0.05) is 23.2 Å². The average molecular weight is 363 g/mol. The highest BCUT2D eigenvalue weighted by atomic mass is 35.5. The number of aliphatic carboxylic acids is 1. The van der Waals surface area contributed by atoms with E-state index >= 15 is 0 Å². The fourth-order valence-corrected chi connectivity index (χ4v) is 3.27. The Balaban J connectivity index is 1.91. The second-order valence-electron chi connectivity index (χ2n) is 4.60. The molecule has 2 amide bonds. The summed E-state index contributed by atoms with van der Waals surface area (Å²) < 4.78 is 0. The average Bonchev–Trinajstić information content (AvgIpc) is 2.45. The highest BCUT2D eigenvalue weighted by Crippen LogP contribution is 2.26. The monoisotopic (exact) mass is 362 g/mol. The van der Waals surface area contributed by atoms with Crippen LogP contribution in [0.15, 0.2) is 18.2 Å². The molecule has 1 fully saturated rings. The van der Waals surface area contributed by atoms with Crippen molar-refractivity contribution in [1.82, 2.24) is 5.32 Å². The van der Waals surface area contributed by atoms with E-state index in [2.05, 4.69) is 10.6 Å². The largest absolute Gasteiger partial charge is 0.480 e. The van der Waals surface area contributed by atoms with E-state index in [1.807, 2.05) is 0 Å². The third-order valence-corrected chi connectivity index (χ3v) is 4.99. The van der Waals surface area contributed by atoms with Crippen molar-refractivity contribution in [3.63, 3.8) is 0 Å². The molecular weight excluding hydrogens is 351 g/mol. The third kappa shape index (κ3) is 4.28. The zero-order chi connectivity index (χ0) is 16.3. The number of anilines is 1. The minimum absolute atomic E-state index is 0.0525. The molecular formula is C13H12Cl2N2O4S. The summed E-state index contributed by atoms with van der Waals surface area (Å²) in [5.74, 6) is -1.67. The lowest BCUT2D eigenvalue weighted by Crippen LogP contribution is -2.51. The number of carboxylic acid groups (broad SMARTS) is 1. The first-order valence-electron chi connectivity index (χ1n) is 6.26. The van der Waals surface area contributed by atoms with Crippen LogP contribution in [0.3, 0.4) is 0 Å². The summed E-state index contributed by atoms with van der Waals surface area (Å²) in [7, 11) is 0. The maximum Gasteiger partial charge on any atom is 0.327 e. The van der Waals surface area contributed by atoms with Gasteiger partial charge in [-0.05, 0) is 18.2 Å². The van der Waals surface area contributed by atoms with Crippen molar-refractivity contribution in [3.05, 3.63) is 28.2 Å². The summed E-state index contributed by atoms with van der Waals surface area (Å²) >= 11 is 12.8. The van der Waals surface area contributed by atoms with Crippen LogP contribution in [0.5, 0.6) is 0 Å². The number of hydrogen-bond acceptors (Lipinski definition) is 4.